The lowest BCUT2D eigenvalue weighted by Gasteiger charge is -2.10. The fourth-order valence-corrected chi connectivity index (χ4v) is 3.77. The highest BCUT2D eigenvalue weighted by Crippen LogP contribution is 2.26. The van der Waals surface area contributed by atoms with Gasteiger partial charge in [0.2, 0.25) is 0 Å². The maximum Gasteiger partial charge on any atom is 0.261 e. The van der Waals surface area contributed by atoms with Crippen molar-refractivity contribution in [2.45, 2.75) is 11.4 Å². The number of benzene rings is 2. The SMILES string of the molecule is O=C(NCc1ccccn1)c1ccc(NS(=O)(=O)c2ccc(Cl)c(Cl)c2)cc1. The number of hydrogen-bond acceptors (Lipinski definition) is 4. The summed E-state index contributed by atoms with van der Waals surface area (Å²) in [6.07, 6.45) is 1.65. The number of hydrogen-bond donors (Lipinski definition) is 2. The number of pyridine rings is 1. The summed E-state index contributed by atoms with van der Waals surface area (Å²) in [6, 6.07) is 15.5. The van der Waals surface area contributed by atoms with Gasteiger partial charge in [0.15, 0.2) is 0 Å². The first-order valence-electron chi connectivity index (χ1n) is 8.11. The molecule has 1 heterocycles. The van der Waals surface area contributed by atoms with Gasteiger partial charge in [-0.05, 0) is 54.6 Å². The van der Waals surface area contributed by atoms with E-state index in [0.717, 1.165) is 5.69 Å². The maximum absolute atomic E-state index is 12.4. The minimum Gasteiger partial charge on any atom is -0.346 e. The lowest BCUT2D eigenvalue weighted by atomic mass is 10.2. The number of carbonyl (C=O) groups is 1. The van der Waals surface area contributed by atoms with Crippen molar-refractivity contribution >= 4 is 44.8 Å². The fourth-order valence-electron chi connectivity index (χ4n) is 2.32. The van der Waals surface area contributed by atoms with E-state index in [2.05, 4.69) is 15.0 Å². The molecule has 0 aliphatic carbocycles. The molecule has 0 aliphatic rings. The minimum atomic E-state index is -3.83. The highest BCUT2D eigenvalue weighted by molar-refractivity contribution is 7.92. The third kappa shape index (κ3) is 5.01. The Hall–Kier alpha value is -2.61. The van der Waals surface area contributed by atoms with Crippen LogP contribution in [-0.2, 0) is 16.6 Å². The van der Waals surface area contributed by atoms with Crippen LogP contribution in [0.1, 0.15) is 16.1 Å². The highest BCUT2D eigenvalue weighted by Gasteiger charge is 2.16. The van der Waals surface area contributed by atoms with Crippen LogP contribution in [0.2, 0.25) is 10.0 Å². The van der Waals surface area contributed by atoms with Gasteiger partial charge < -0.3 is 5.32 Å². The molecular weight excluding hydrogens is 421 g/mol. The van der Waals surface area contributed by atoms with Gasteiger partial charge in [-0.1, -0.05) is 29.3 Å². The molecule has 0 bridgehead atoms. The Bertz CT molecular complexity index is 1090. The zero-order valence-electron chi connectivity index (χ0n) is 14.4. The van der Waals surface area contributed by atoms with Crippen molar-refractivity contribution in [3.05, 3.63) is 88.2 Å². The Labute approximate surface area is 172 Å². The number of amides is 1. The summed E-state index contributed by atoms with van der Waals surface area (Å²) in [6.45, 7) is 0.297. The van der Waals surface area contributed by atoms with E-state index in [-0.39, 0.29) is 20.8 Å². The van der Waals surface area contributed by atoms with Crippen molar-refractivity contribution in [1.82, 2.24) is 10.3 Å². The van der Waals surface area contributed by atoms with Gasteiger partial charge in [0, 0.05) is 17.4 Å². The van der Waals surface area contributed by atoms with Crippen LogP contribution in [0.3, 0.4) is 0 Å². The van der Waals surface area contributed by atoms with Crippen LogP contribution in [0, 0.1) is 0 Å². The molecule has 3 aromatic rings. The largest absolute Gasteiger partial charge is 0.346 e. The van der Waals surface area contributed by atoms with E-state index in [1.54, 1.807) is 18.3 Å². The Morgan fingerprint density at radius 3 is 2.36 bits per heavy atom. The number of rotatable bonds is 6. The Kier molecular flexibility index (Phi) is 6.18. The number of carbonyl (C=O) groups excluding carboxylic acids is 1. The number of aromatic nitrogens is 1. The number of nitrogens with zero attached hydrogens (tertiary/aromatic N) is 1. The van der Waals surface area contributed by atoms with Crippen LogP contribution >= 0.6 is 23.2 Å². The van der Waals surface area contributed by atoms with Gasteiger partial charge in [-0.3, -0.25) is 14.5 Å². The minimum absolute atomic E-state index is 0.0147. The van der Waals surface area contributed by atoms with Gasteiger partial charge in [-0.25, -0.2) is 8.42 Å². The zero-order valence-corrected chi connectivity index (χ0v) is 16.7. The number of nitrogens with one attached hydrogen (secondary N) is 2. The predicted molar refractivity (Wildman–Crippen MR) is 109 cm³/mol. The molecular formula is C19H15Cl2N3O3S. The topological polar surface area (TPSA) is 88.2 Å². The second-order valence-electron chi connectivity index (χ2n) is 5.76. The van der Waals surface area contributed by atoms with Crippen LogP contribution in [0.4, 0.5) is 5.69 Å². The van der Waals surface area contributed by atoms with E-state index in [0.29, 0.717) is 17.8 Å². The van der Waals surface area contributed by atoms with Crippen molar-refractivity contribution in [3.63, 3.8) is 0 Å². The van der Waals surface area contributed by atoms with Crippen LogP contribution in [0.5, 0.6) is 0 Å². The summed E-state index contributed by atoms with van der Waals surface area (Å²) >= 11 is 11.7. The van der Waals surface area contributed by atoms with Crippen molar-refractivity contribution in [3.8, 4) is 0 Å². The average molecular weight is 436 g/mol. The van der Waals surface area contributed by atoms with E-state index in [9.17, 15) is 13.2 Å². The van der Waals surface area contributed by atoms with Crippen LogP contribution < -0.4 is 10.0 Å². The van der Waals surface area contributed by atoms with Crippen molar-refractivity contribution in [2.75, 3.05) is 4.72 Å². The molecule has 0 spiro atoms. The quantitative estimate of drug-likeness (QED) is 0.609. The summed E-state index contributed by atoms with van der Waals surface area (Å²) in [5, 5.41) is 3.16. The molecule has 3 rings (SSSR count). The number of sulfonamides is 1. The first kappa shape index (κ1) is 20.1. The lowest BCUT2D eigenvalue weighted by Crippen LogP contribution is -2.23. The molecule has 0 saturated carbocycles. The smallest absolute Gasteiger partial charge is 0.261 e. The summed E-state index contributed by atoms with van der Waals surface area (Å²) in [5.74, 6) is -0.287. The van der Waals surface area contributed by atoms with Gasteiger partial charge in [-0.15, -0.1) is 0 Å². The molecule has 144 valence electrons. The second-order valence-corrected chi connectivity index (χ2v) is 8.26. The molecule has 2 aromatic carbocycles. The summed E-state index contributed by atoms with van der Waals surface area (Å²) in [5.41, 5.74) is 1.45. The molecule has 9 heteroatoms. The molecule has 0 unspecified atom stereocenters. The summed E-state index contributed by atoms with van der Waals surface area (Å²) in [4.78, 5) is 16.3. The third-order valence-electron chi connectivity index (χ3n) is 3.76. The molecule has 0 saturated heterocycles. The molecule has 6 nitrogen and oxygen atoms in total. The van der Waals surface area contributed by atoms with Gasteiger partial charge in [0.05, 0.1) is 27.2 Å². The zero-order chi connectivity index (χ0) is 20.1. The Morgan fingerprint density at radius 1 is 0.964 bits per heavy atom. The van der Waals surface area contributed by atoms with E-state index in [1.165, 1.54) is 42.5 Å². The number of halogens is 2. The molecule has 0 radical (unpaired) electrons. The molecule has 28 heavy (non-hydrogen) atoms. The highest BCUT2D eigenvalue weighted by atomic mass is 35.5. The van der Waals surface area contributed by atoms with Gasteiger partial charge in [0.25, 0.3) is 15.9 Å². The monoisotopic (exact) mass is 435 g/mol. The van der Waals surface area contributed by atoms with Crippen molar-refractivity contribution < 1.29 is 13.2 Å². The molecule has 0 aliphatic heterocycles. The fraction of sp³-hybridized carbons (Fsp3) is 0.0526. The van der Waals surface area contributed by atoms with E-state index in [4.69, 9.17) is 23.2 Å². The summed E-state index contributed by atoms with van der Waals surface area (Å²) in [7, 11) is -3.83. The lowest BCUT2D eigenvalue weighted by molar-refractivity contribution is 0.0950. The molecule has 0 atom stereocenters. The molecule has 1 aromatic heterocycles. The van der Waals surface area contributed by atoms with E-state index >= 15 is 0 Å². The summed E-state index contributed by atoms with van der Waals surface area (Å²) < 4.78 is 27.3. The maximum atomic E-state index is 12.4. The van der Waals surface area contributed by atoms with Gasteiger partial charge >= 0.3 is 0 Å². The Balaban J connectivity index is 1.66. The van der Waals surface area contributed by atoms with Crippen LogP contribution in [-0.4, -0.2) is 19.3 Å². The average Bonchev–Trinajstić information content (AvgIpc) is 2.69. The molecule has 2 N–H and O–H groups in total. The van der Waals surface area contributed by atoms with Crippen LogP contribution in [0.15, 0.2) is 71.8 Å². The first-order valence-corrected chi connectivity index (χ1v) is 10.3. The van der Waals surface area contributed by atoms with E-state index in [1.807, 2.05) is 6.07 Å². The predicted octanol–water partition coefficient (Wildman–Crippen LogP) is 4.12. The second kappa shape index (κ2) is 8.60. The normalized spacial score (nSPS) is 11.1. The Morgan fingerprint density at radius 2 is 1.71 bits per heavy atom. The van der Waals surface area contributed by atoms with Crippen molar-refractivity contribution in [1.29, 1.82) is 0 Å². The first-order chi connectivity index (χ1) is 13.3. The van der Waals surface area contributed by atoms with Gasteiger partial charge in [-0.2, -0.15) is 0 Å². The molecule has 0 fully saturated rings. The third-order valence-corrected chi connectivity index (χ3v) is 5.87. The van der Waals surface area contributed by atoms with Crippen LogP contribution in [0.25, 0.3) is 0 Å². The number of anilines is 1. The van der Waals surface area contributed by atoms with Crippen molar-refractivity contribution in [2.24, 2.45) is 0 Å². The standard InChI is InChI=1S/C19H15Cl2N3O3S/c20-17-9-8-16(11-18(17)21)28(26,27)24-14-6-4-13(5-7-14)19(25)23-12-15-3-1-2-10-22-15/h1-11,24H,12H2,(H,23,25). The van der Waals surface area contributed by atoms with E-state index < -0.39 is 10.0 Å². The van der Waals surface area contributed by atoms with Gasteiger partial charge in [0.1, 0.15) is 0 Å². The molecule has 1 amide bonds.